The van der Waals surface area contributed by atoms with Crippen molar-refractivity contribution >= 4 is 23.0 Å². The Labute approximate surface area is 160 Å². The third kappa shape index (κ3) is 4.49. The molecule has 0 amide bonds. The van der Waals surface area contributed by atoms with Gasteiger partial charge in [-0.05, 0) is 48.4 Å². The van der Waals surface area contributed by atoms with Crippen LogP contribution in [0.4, 0.5) is 5.69 Å². The van der Waals surface area contributed by atoms with Crippen molar-refractivity contribution in [1.82, 2.24) is 10.6 Å². The van der Waals surface area contributed by atoms with Crippen LogP contribution in [-0.4, -0.2) is 39.8 Å². The van der Waals surface area contributed by atoms with Crippen LogP contribution in [0.2, 0.25) is 0 Å². The van der Waals surface area contributed by atoms with E-state index in [9.17, 15) is 0 Å². The molecule has 5 nitrogen and oxygen atoms in total. The minimum atomic E-state index is 0.599. The highest BCUT2D eigenvalue weighted by molar-refractivity contribution is 7.10. The number of nitrogens with zero attached hydrogens (tertiary/aromatic N) is 2. The van der Waals surface area contributed by atoms with Gasteiger partial charge in [-0.3, -0.25) is 4.99 Å². The Balaban J connectivity index is 1.48. The highest BCUT2D eigenvalue weighted by Crippen LogP contribution is 2.31. The van der Waals surface area contributed by atoms with Crippen LogP contribution >= 0.6 is 11.3 Å². The average Bonchev–Trinajstić information content (AvgIpc) is 3.31. The van der Waals surface area contributed by atoms with E-state index < -0.39 is 0 Å². The molecule has 1 aromatic carbocycles. The summed E-state index contributed by atoms with van der Waals surface area (Å²) in [6.45, 7) is 5.99. The van der Waals surface area contributed by atoms with E-state index in [0.717, 1.165) is 37.9 Å². The van der Waals surface area contributed by atoms with Gasteiger partial charge < -0.3 is 20.3 Å². The molecule has 26 heavy (non-hydrogen) atoms. The maximum atomic E-state index is 5.50. The van der Waals surface area contributed by atoms with Crippen LogP contribution in [0.5, 0.6) is 5.75 Å². The number of aliphatic imine (C=N–C) groups is 1. The lowest BCUT2D eigenvalue weighted by Gasteiger charge is -2.21. The zero-order chi connectivity index (χ0) is 18.4. The number of ether oxygens (including phenoxy) is 1. The van der Waals surface area contributed by atoms with E-state index in [0.29, 0.717) is 5.92 Å². The summed E-state index contributed by atoms with van der Waals surface area (Å²) in [5.74, 6) is 2.42. The van der Waals surface area contributed by atoms with Crippen molar-refractivity contribution in [3.8, 4) is 5.75 Å². The van der Waals surface area contributed by atoms with Crippen molar-refractivity contribution in [1.29, 1.82) is 0 Å². The standard InChI is InChI=1S/C20H28N4OS/c1-15-9-11-26-19(15)13-23-20(21-2)22-12-16-8-10-24(14-16)17-6-4-5-7-18(17)25-3/h4-7,9,11,16H,8,10,12-14H2,1-3H3,(H2,21,22,23). The zero-order valence-electron chi connectivity index (χ0n) is 15.8. The molecule has 0 saturated carbocycles. The molecule has 1 aliphatic rings. The van der Waals surface area contributed by atoms with Crippen LogP contribution in [-0.2, 0) is 6.54 Å². The van der Waals surface area contributed by atoms with Gasteiger partial charge in [0, 0.05) is 31.6 Å². The Morgan fingerprint density at radius 2 is 2.15 bits per heavy atom. The first kappa shape index (κ1) is 18.6. The Hall–Kier alpha value is -2.21. The molecule has 6 heteroatoms. The van der Waals surface area contributed by atoms with Crippen LogP contribution in [0, 0.1) is 12.8 Å². The third-order valence-electron chi connectivity index (χ3n) is 4.88. The molecule has 0 aliphatic carbocycles. The predicted octanol–water partition coefficient (Wildman–Crippen LogP) is 3.26. The number of rotatable bonds is 6. The Bertz CT molecular complexity index is 743. The fourth-order valence-corrected chi connectivity index (χ4v) is 4.17. The normalized spacial score (nSPS) is 17.4. The number of hydrogen-bond donors (Lipinski definition) is 2. The maximum absolute atomic E-state index is 5.50. The second-order valence-electron chi connectivity index (χ2n) is 6.61. The van der Waals surface area contributed by atoms with Gasteiger partial charge in [0.2, 0.25) is 0 Å². The molecule has 1 aromatic heterocycles. The number of aryl methyl sites for hydroxylation is 1. The molecule has 1 unspecified atom stereocenters. The van der Waals surface area contributed by atoms with Crippen LogP contribution in [0.25, 0.3) is 0 Å². The van der Waals surface area contributed by atoms with Gasteiger partial charge in [-0.15, -0.1) is 11.3 Å². The number of benzene rings is 1. The molecule has 2 N–H and O–H groups in total. The van der Waals surface area contributed by atoms with Gasteiger partial charge in [0.05, 0.1) is 19.3 Å². The summed E-state index contributed by atoms with van der Waals surface area (Å²) < 4.78 is 5.50. The molecular weight excluding hydrogens is 344 g/mol. The number of anilines is 1. The fourth-order valence-electron chi connectivity index (χ4n) is 3.32. The van der Waals surface area contributed by atoms with E-state index in [1.165, 1.54) is 22.5 Å². The molecule has 2 aromatic rings. The molecule has 3 rings (SSSR count). The van der Waals surface area contributed by atoms with Crippen molar-refractivity contribution in [3.05, 3.63) is 46.2 Å². The maximum Gasteiger partial charge on any atom is 0.191 e. The number of methoxy groups -OCH3 is 1. The van der Waals surface area contributed by atoms with E-state index in [1.54, 1.807) is 18.4 Å². The topological polar surface area (TPSA) is 48.9 Å². The van der Waals surface area contributed by atoms with Crippen LogP contribution in [0.15, 0.2) is 40.7 Å². The van der Waals surface area contributed by atoms with E-state index in [1.807, 2.05) is 19.2 Å². The molecule has 0 radical (unpaired) electrons. The second kappa shape index (κ2) is 8.94. The minimum Gasteiger partial charge on any atom is -0.495 e. The SMILES string of the molecule is CN=C(NCc1sccc1C)NCC1CCN(c2ccccc2OC)C1. The summed E-state index contributed by atoms with van der Waals surface area (Å²) in [5.41, 5.74) is 2.52. The van der Waals surface area contributed by atoms with E-state index >= 15 is 0 Å². The van der Waals surface area contributed by atoms with Crippen LogP contribution < -0.4 is 20.3 Å². The first-order valence-electron chi connectivity index (χ1n) is 9.06. The largest absolute Gasteiger partial charge is 0.495 e. The Morgan fingerprint density at radius 1 is 1.31 bits per heavy atom. The molecule has 0 bridgehead atoms. The molecular formula is C20H28N4OS. The van der Waals surface area contributed by atoms with Crippen LogP contribution in [0.3, 0.4) is 0 Å². The number of nitrogens with one attached hydrogen (secondary N) is 2. The summed E-state index contributed by atoms with van der Waals surface area (Å²) >= 11 is 1.78. The van der Waals surface area contributed by atoms with Gasteiger partial charge in [-0.2, -0.15) is 0 Å². The second-order valence-corrected chi connectivity index (χ2v) is 7.61. The summed E-state index contributed by atoms with van der Waals surface area (Å²) in [4.78, 5) is 8.12. The highest BCUT2D eigenvalue weighted by Gasteiger charge is 2.24. The quantitative estimate of drug-likeness (QED) is 0.604. The first-order valence-corrected chi connectivity index (χ1v) is 9.94. The number of para-hydroxylation sites is 2. The van der Waals surface area contributed by atoms with Crippen molar-refractivity contribution in [3.63, 3.8) is 0 Å². The summed E-state index contributed by atoms with van der Waals surface area (Å²) in [5, 5.41) is 9.03. The molecule has 1 fully saturated rings. The predicted molar refractivity (Wildman–Crippen MR) is 111 cm³/mol. The lowest BCUT2D eigenvalue weighted by molar-refractivity contribution is 0.414. The number of thiophene rings is 1. The van der Waals surface area contributed by atoms with Gasteiger partial charge >= 0.3 is 0 Å². The molecule has 1 aliphatic heterocycles. The Kier molecular flexibility index (Phi) is 6.39. The smallest absolute Gasteiger partial charge is 0.191 e. The summed E-state index contributed by atoms with van der Waals surface area (Å²) in [6.07, 6.45) is 1.17. The van der Waals surface area contributed by atoms with E-state index in [2.05, 4.69) is 51.0 Å². The van der Waals surface area contributed by atoms with Crippen LogP contribution in [0.1, 0.15) is 16.9 Å². The van der Waals surface area contributed by atoms with Gasteiger partial charge in [-0.1, -0.05) is 12.1 Å². The third-order valence-corrected chi connectivity index (χ3v) is 5.90. The molecule has 140 valence electrons. The average molecular weight is 373 g/mol. The van der Waals surface area contributed by atoms with Crippen molar-refractivity contribution in [2.45, 2.75) is 19.9 Å². The lowest BCUT2D eigenvalue weighted by Crippen LogP contribution is -2.39. The van der Waals surface area contributed by atoms with Crippen molar-refractivity contribution in [2.75, 3.05) is 38.7 Å². The fraction of sp³-hybridized carbons (Fsp3) is 0.450. The van der Waals surface area contributed by atoms with Gasteiger partial charge in [-0.25, -0.2) is 0 Å². The van der Waals surface area contributed by atoms with Gasteiger partial charge in [0.25, 0.3) is 0 Å². The zero-order valence-corrected chi connectivity index (χ0v) is 16.6. The Morgan fingerprint density at radius 3 is 2.88 bits per heavy atom. The first-order chi connectivity index (χ1) is 12.7. The van der Waals surface area contributed by atoms with Crippen molar-refractivity contribution in [2.24, 2.45) is 10.9 Å². The van der Waals surface area contributed by atoms with E-state index in [-0.39, 0.29) is 0 Å². The number of hydrogen-bond acceptors (Lipinski definition) is 4. The van der Waals surface area contributed by atoms with E-state index in [4.69, 9.17) is 4.74 Å². The highest BCUT2D eigenvalue weighted by atomic mass is 32.1. The number of guanidine groups is 1. The molecule has 2 heterocycles. The molecule has 0 spiro atoms. The molecule has 1 atom stereocenters. The molecule has 1 saturated heterocycles. The summed E-state index contributed by atoms with van der Waals surface area (Å²) in [6, 6.07) is 10.4. The summed E-state index contributed by atoms with van der Waals surface area (Å²) in [7, 11) is 3.56. The lowest BCUT2D eigenvalue weighted by atomic mass is 10.1. The minimum absolute atomic E-state index is 0.599. The monoisotopic (exact) mass is 372 g/mol. The van der Waals surface area contributed by atoms with Gasteiger partial charge in [0.1, 0.15) is 5.75 Å². The van der Waals surface area contributed by atoms with Gasteiger partial charge in [0.15, 0.2) is 5.96 Å². The van der Waals surface area contributed by atoms with Crippen molar-refractivity contribution < 1.29 is 4.74 Å².